The Labute approximate surface area is 116 Å². The molecule has 1 fully saturated rings. The van der Waals surface area contributed by atoms with Crippen molar-refractivity contribution in [2.45, 2.75) is 51.4 Å². The molecular formula is C18H24O. The second-order valence-corrected chi connectivity index (χ2v) is 6.11. The first-order chi connectivity index (χ1) is 9.34. The summed E-state index contributed by atoms with van der Waals surface area (Å²) < 4.78 is 6.16. The van der Waals surface area contributed by atoms with Gasteiger partial charge in [0.2, 0.25) is 0 Å². The molecule has 1 aromatic carbocycles. The van der Waals surface area contributed by atoms with Gasteiger partial charge in [0, 0.05) is 5.56 Å². The first-order valence-corrected chi connectivity index (χ1v) is 7.77. The van der Waals surface area contributed by atoms with E-state index in [0.717, 1.165) is 24.7 Å². The smallest absolute Gasteiger partial charge is 0.122 e. The summed E-state index contributed by atoms with van der Waals surface area (Å²) in [5.41, 5.74) is 2.76. The van der Waals surface area contributed by atoms with Crippen LogP contribution in [0.2, 0.25) is 0 Å². The summed E-state index contributed by atoms with van der Waals surface area (Å²) in [6.07, 6.45) is 10.3. The molecule has 2 aliphatic carbocycles. The normalized spacial score (nSPS) is 23.6. The first kappa shape index (κ1) is 12.8. The van der Waals surface area contributed by atoms with Crippen LogP contribution in [0.1, 0.15) is 62.5 Å². The molecule has 0 radical (unpaired) electrons. The topological polar surface area (TPSA) is 9.23 Å². The van der Waals surface area contributed by atoms with E-state index in [4.69, 9.17) is 4.74 Å². The molecule has 1 heteroatoms. The van der Waals surface area contributed by atoms with Gasteiger partial charge in [-0.15, -0.1) is 0 Å². The largest absolute Gasteiger partial charge is 0.493 e. The predicted octanol–water partition coefficient (Wildman–Crippen LogP) is 5.13. The highest BCUT2D eigenvalue weighted by Crippen LogP contribution is 2.35. The number of rotatable bonds is 3. The highest BCUT2D eigenvalue weighted by atomic mass is 16.5. The van der Waals surface area contributed by atoms with Crippen LogP contribution in [0.4, 0.5) is 0 Å². The Kier molecular flexibility index (Phi) is 3.91. The lowest BCUT2D eigenvalue weighted by atomic mass is 9.87. The Morgan fingerprint density at radius 3 is 2.74 bits per heavy atom. The van der Waals surface area contributed by atoms with Crippen molar-refractivity contribution in [2.24, 2.45) is 5.92 Å². The average Bonchev–Trinajstić information content (AvgIpc) is 2.48. The van der Waals surface area contributed by atoms with Crippen LogP contribution in [0.3, 0.4) is 0 Å². The predicted molar refractivity (Wildman–Crippen MR) is 80.0 cm³/mol. The second kappa shape index (κ2) is 5.81. The highest BCUT2D eigenvalue weighted by molar-refractivity contribution is 5.66. The third kappa shape index (κ3) is 2.86. The highest BCUT2D eigenvalue weighted by Gasteiger charge is 2.20. The maximum atomic E-state index is 6.16. The van der Waals surface area contributed by atoms with Gasteiger partial charge in [0.25, 0.3) is 0 Å². The Hall–Kier alpha value is -1.24. The first-order valence-electron chi connectivity index (χ1n) is 7.77. The van der Waals surface area contributed by atoms with Gasteiger partial charge in [-0.05, 0) is 42.7 Å². The zero-order valence-electron chi connectivity index (χ0n) is 11.9. The molecule has 0 aliphatic heterocycles. The molecule has 19 heavy (non-hydrogen) atoms. The van der Waals surface area contributed by atoms with Gasteiger partial charge in [0.05, 0.1) is 6.61 Å². The SMILES string of the molecule is CC1CC=C(OCC2CCCCC2)c2ccccc21. The van der Waals surface area contributed by atoms with Crippen LogP contribution in [0.25, 0.3) is 5.76 Å². The van der Waals surface area contributed by atoms with Crippen LogP contribution in [0.15, 0.2) is 30.3 Å². The fourth-order valence-electron chi connectivity index (χ4n) is 3.37. The zero-order valence-corrected chi connectivity index (χ0v) is 11.9. The van der Waals surface area contributed by atoms with Crippen molar-refractivity contribution in [3.8, 4) is 0 Å². The van der Waals surface area contributed by atoms with Gasteiger partial charge in [0.1, 0.15) is 5.76 Å². The van der Waals surface area contributed by atoms with Crippen LogP contribution < -0.4 is 0 Å². The quantitative estimate of drug-likeness (QED) is 0.728. The molecule has 2 aliphatic rings. The fraction of sp³-hybridized carbons (Fsp3) is 0.556. The number of benzene rings is 1. The standard InChI is InChI=1S/C18H24O/c1-14-11-12-18(17-10-6-5-9-16(14)17)19-13-15-7-3-2-4-8-15/h5-6,9-10,12,14-15H,2-4,7-8,11,13H2,1H3. The van der Waals surface area contributed by atoms with E-state index in [1.54, 1.807) is 0 Å². The van der Waals surface area contributed by atoms with Crippen molar-refractivity contribution in [2.75, 3.05) is 6.61 Å². The van der Waals surface area contributed by atoms with Crippen LogP contribution in [-0.4, -0.2) is 6.61 Å². The average molecular weight is 256 g/mol. The van der Waals surface area contributed by atoms with Gasteiger partial charge >= 0.3 is 0 Å². The molecule has 0 bridgehead atoms. The summed E-state index contributed by atoms with van der Waals surface area (Å²) in [5, 5.41) is 0. The Morgan fingerprint density at radius 2 is 1.89 bits per heavy atom. The van der Waals surface area contributed by atoms with Crippen LogP contribution >= 0.6 is 0 Å². The lowest BCUT2D eigenvalue weighted by molar-refractivity contribution is 0.182. The maximum absolute atomic E-state index is 6.16. The monoisotopic (exact) mass is 256 g/mol. The lowest BCUT2D eigenvalue weighted by Gasteiger charge is -2.26. The molecule has 3 rings (SSSR count). The van der Waals surface area contributed by atoms with E-state index in [1.165, 1.54) is 43.2 Å². The molecule has 1 saturated carbocycles. The zero-order chi connectivity index (χ0) is 13.1. The van der Waals surface area contributed by atoms with Gasteiger partial charge in [-0.1, -0.05) is 50.5 Å². The summed E-state index contributed by atoms with van der Waals surface area (Å²) in [6.45, 7) is 3.21. The molecule has 0 heterocycles. The van der Waals surface area contributed by atoms with Gasteiger partial charge in [-0.3, -0.25) is 0 Å². The van der Waals surface area contributed by atoms with Crippen molar-refractivity contribution in [1.82, 2.24) is 0 Å². The van der Waals surface area contributed by atoms with E-state index in [2.05, 4.69) is 37.3 Å². The van der Waals surface area contributed by atoms with Gasteiger partial charge in [-0.2, -0.15) is 0 Å². The molecule has 0 spiro atoms. The summed E-state index contributed by atoms with van der Waals surface area (Å²) in [7, 11) is 0. The van der Waals surface area contributed by atoms with Crippen LogP contribution in [-0.2, 0) is 4.74 Å². The minimum Gasteiger partial charge on any atom is -0.493 e. The molecule has 0 aromatic heterocycles. The summed E-state index contributed by atoms with van der Waals surface area (Å²) in [5.74, 6) is 2.53. The molecule has 1 unspecified atom stereocenters. The van der Waals surface area contributed by atoms with Crippen molar-refractivity contribution in [1.29, 1.82) is 0 Å². The number of fused-ring (bicyclic) bond motifs is 1. The van der Waals surface area contributed by atoms with Crippen molar-refractivity contribution < 1.29 is 4.74 Å². The van der Waals surface area contributed by atoms with Gasteiger partial charge in [-0.25, -0.2) is 0 Å². The number of ether oxygens (including phenoxy) is 1. The molecule has 0 amide bonds. The molecule has 0 N–H and O–H groups in total. The minimum absolute atomic E-state index is 0.623. The fourth-order valence-corrected chi connectivity index (χ4v) is 3.37. The van der Waals surface area contributed by atoms with Crippen molar-refractivity contribution >= 4 is 5.76 Å². The summed E-state index contributed by atoms with van der Waals surface area (Å²) in [4.78, 5) is 0. The molecule has 1 nitrogen and oxygen atoms in total. The van der Waals surface area contributed by atoms with E-state index in [1.807, 2.05) is 0 Å². The van der Waals surface area contributed by atoms with E-state index >= 15 is 0 Å². The van der Waals surface area contributed by atoms with E-state index in [-0.39, 0.29) is 0 Å². The molecule has 102 valence electrons. The van der Waals surface area contributed by atoms with E-state index in [0.29, 0.717) is 5.92 Å². The number of allylic oxidation sites excluding steroid dienone is 1. The van der Waals surface area contributed by atoms with Gasteiger partial charge < -0.3 is 4.74 Å². The second-order valence-electron chi connectivity index (χ2n) is 6.11. The molecular weight excluding hydrogens is 232 g/mol. The summed E-state index contributed by atoms with van der Waals surface area (Å²) >= 11 is 0. The minimum atomic E-state index is 0.623. The van der Waals surface area contributed by atoms with Crippen LogP contribution in [0.5, 0.6) is 0 Å². The summed E-state index contributed by atoms with van der Waals surface area (Å²) in [6, 6.07) is 8.71. The molecule has 1 atom stereocenters. The Morgan fingerprint density at radius 1 is 1.11 bits per heavy atom. The number of hydrogen-bond acceptors (Lipinski definition) is 1. The van der Waals surface area contributed by atoms with Crippen LogP contribution in [0, 0.1) is 5.92 Å². The third-order valence-electron chi connectivity index (χ3n) is 4.61. The Balaban J connectivity index is 1.68. The van der Waals surface area contributed by atoms with E-state index in [9.17, 15) is 0 Å². The van der Waals surface area contributed by atoms with Crippen molar-refractivity contribution in [3.05, 3.63) is 41.5 Å². The Bertz CT molecular complexity index is 455. The van der Waals surface area contributed by atoms with E-state index < -0.39 is 0 Å². The molecule has 1 aromatic rings. The van der Waals surface area contributed by atoms with Gasteiger partial charge in [0.15, 0.2) is 0 Å². The third-order valence-corrected chi connectivity index (χ3v) is 4.61. The number of hydrogen-bond donors (Lipinski definition) is 0. The van der Waals surface area contributed by atoms with Crippen molar-refractivity contribution in [3.63, 3.8) is 0 Å². The maximum Gasteiger partial charge on any atom is 0.122 e. The lowest BCUT2D eigenvalue weighted by Crippen LogP contribution is -2.14. The molecule has 0 saturated heterocycles.